The highest BCUT2D eigenvalue weighted by Crippen LogP contribution is 2.36. The van der Waals surface area contributed by atoms with Crippen LogP contribution in [0.4, 0.5) is 11.5 Å². The van der Waals surface area contributed by atoms with Gasteiger partial charge >= 0.3 is 0 Å². The van der Waals surface area contributed by atoms with Crippen LogP contribution in [0.1, 0.15) is 23.6 Å². The minimum Gasteiger partial charge on any atom is -0.326 e. The number of rotatable bonds is 4. The fraction of sp³-hybridized carbons (Fsp3) is 0.190. The molecule has 0 bridgehead atoms. The average Bonchev–Trinajstić information content (AvgIpc) is 3.15. The predicted molar refractivity (Wildman–Crippen MR) is 110 cm³/mol. The first-order valence-corrected chi connectivity index (χ1v) is 9.31. The molecule has 1 aliphatic heterocycles. The predicted octanol–water partition coefficient (Wildman–Crippen LogP) is 4.34. The molecule has 7 heteroatoms. The standard InChI is InChI=1S/C21H19ClN4O2/c1-12-7-13(2)9-16(8-12)24-19(27)10-18-21(28)25-20-17(11-23-26(18)20)14-3-5-15(22)6-4-14/h3-9,11,18H,10H2,1-2H3,(H,24,27)(H,25,28). The lowest BCUT2D eigenvalue weighted by atomic mass is 10.1. The Morgan fingerprint density at radius 3 is 2.54 bits per heavy atom. The molecular weight excluding hydrogens is 376 g/mol. The zero-order valence-electron chi connectivity index (χ0n) is 15.5. The summed E-state index contributed by atoms with van der Waals surface area (Å²) in [6.07, 6.45) is 1.69. The van der Waals surface area contributed by atoms with E-state index in [1.165, 1.54) is 0 Å². The van der Waals surface area contributed by atoms with E-state index >= 15 is 0 Å². The maximum atomic E-state index is 12.5. The molecule has 4 rings (SSSR count). The molecule has 1 unspecified atom stereocenters. The molecule has 0 aliphatic carbocycles. The topological polar surface area (TPSA) is 76.0 Å². The molecule has 0 radical (unpaired) electrons. The highest BCUT2D eigenvalue weighted by Gasteiger charge is 2.35. The minimum atomic E-state index is -0.679. The quantitative estimate of drug-likeness (QED) is 0.691. The summed E-state index contributed by atoms with van der Waals surface area (Å²) in [6, 6.07) is 12.5. The number of halogens is 1. The van der Waals surface area contributed by atoms with Crippen LogP contribution in [0.5, 0.6) is 0 Å². The van der Waals surface area contributed by atoms with Crippen molar-refractivity contribution in [3.63, 3.8) is 0 Å². The Kier molecular flexibility index (Phi) is 4.65. The fourth-order valence-electron chi connectivity index (χ4n) is 3.49. The molecule has 2 heterocycles. The molecule has 0 spiro atoms. The van der Waals surface area contributed by atoms with Gasteiger partial charge in [0.2, 0.25) is 5.91 Å². The molecule has 1 aromatic heterocycles. The van der Waals surface area contributed by atoms with E-state index in [-0.39, 0.29) is 18.2 Å². The number of hydrogen-bond acceptors (Lipinski definition) is 3. The van der Waals surface area contributed by atoms with Gasteiger partial charge < -0.3 is 10.6 Å². The van der Waals surface area contributed by atoms with Crippen molar-refractivity contribution in [3.05, 3.63) is 64.8 Å². The second-order valence-electron chi connectivity index (χ2n) is 6.99. The number of amides is 2. The molecule has 2 N–H and O–H groups in total. The number of carbonyl (C=O) groups is 2. The van der Waals surface area contributed by atoms with Crippen molar-refractivity contribution in [1.29, 1.82) is 0 Å². The number of aromatic nitrogens is 2. The Labute approximate surface area is 167 Å². The first-order valence-electron chi connectivity index (χ1n) is 8.93. The van der Waals surface area contributed by atoms with Crippen molar-refractivity contribution in [3.8, 4) is 11.1 Å². The van der Waals surface area contributed by atoms with Crippen LogP contribution in [-0.2, 0) is 9.59 Å². The van der Waals surface area contributed by atoms with Crippen molar-refractivity contribution in [2.24, 2.45) is 0 Å². The van der Waals surface area contributed by atoms with E-state index in [9.17, 15) is 9.59 Å². The molecule has 28 heavy (non-hydrogen) atoms. The third-order valence-corrected chi connectivity index (χ3v) is 4.93. The maximum absolute atomic E-state index is 12.5. The van der Waals surface area contributed by atoms with E-state index in [2.05, 4.69) is 15.7 Å². The largest absolute Gasteiger partial charge is 0.326 e. The molecule has 2 amide bonds. The molecular formula is C21H19ClN4O2. The van der Waals surface area contributed by atoms with E-state index in [4.69, 9.17) is 11.6 Å². The molecule has 0 saturated heterocycles. The number of nitrogens with one attached hydrogen (secondary N) is 2. The summed E-state index contributed by atoms with van der Waals surface area (Å²) < 4.78 is 1.58. The molecule has 0 fully saturated rings. The zero-order valence-corrected chi connectivity index (χ0v) is 16.2. The summed E-state index contributed by atoms with van der Waals surface area (Å²) in [5.41, 5.74) is 4.55. The van der Waals surface area contributed by atoms with Gasteiger partial charge in [0.25, 0.3) is 5.91 Å². The summed E-state index contributed by atoms with van der Waals surface area (Å²) in [4.78, 5) is 25.0. The second-order valence-corrected chi connectivity index (χ2v) is 7.43. The third kappa shape index (κ3) is 3.51. The Morgan fingerprint density at radius 2 is 1.86 bits per heavy atom. The van der Waals surface area contributed by atoms with Crippen molar-refractivity contribution in [2.75, 3.05) is 10.6 Å². The van der Waals surface area contributed by atoms with E-state index < -0.39 is 6.04 Å². The molecule has 2 aromatic carbocycles. The smallest absolute Gasteiger partial charge is 0.251 e. The van der Waals surface area contributed by atoms with Crippen LogP contribution in [0, 0.1) is 13.8 Å². The number of hydrogen-bond donors (Lipinski definition) is 2. The van der Waals surface area contributed by atoms with Crippen LogP contribution in [-0.4, -0.2) is 21.6 Å². The van der Waals surface area contributed by atoms with Gasteiger partial charge in [0.05, 0.1) is 12.6 Å². The lowest BCUT2D eigenvalue weighted by Crippen LogP contribution is -2.23. The maximum Gasteiger partial charge on any atom is 0.251 e. The molecule has 1 atom stereocenters. The van der Waals surface area contributed by atoms with Crippen LogP contribution < -0.4 is 10.6 Å². The van der Waals surface area contributed by atoms with Gasteiger partial charge in [0.1, 0.15) is 11.9 Å². The zero-order chi connectivity index (χ0) is 19.8. The van der Waals surface area contributed by atoms with Crippen LogP contribution in [0.2, 0.25) is 5.02 Å². The van der Waals surface area contributed by atoms with E-state index in [1.807, 2.05) is 44.2 Å². The Hall–Kier alpha value is -3.12. The lowest BCUT2D eigenvalue weighted by Gasteiger charge is -2.11. The molecule has 3 aromatic rings. The van der Waals surface area contributed by atoms with Crippen molar-refractivity contribution < 1.29 is 9.59 Å². The lowest BCUT2D eigenvalue weighted by molar-refractivity contribution is -0.123. The number of aryl methyl sites for hydroxylation is 2. The van der Waals surface area contributed by atoms with Crippen LogP contribution >= 0.6 is 11.6 Å². The highest BCUT2D eigenvalue weighted by atomic mass is 35.5. The van der Waals surface area contributed by atoms with Gasteiger partial charge in [-0.25, -0.2) is 4.68 Å². The van der Waals surface area contributed by atoms with Gasteiger partial charge in [-0.15, -0.1) is 0 Å². The Balaban J connectivity index is 1.53. The Bertz CT molecular complexity index is 1050. The number of benzene rings is 2. The molecule has 1 aliphatic rings. The van der Waals surface area contributed by atoms with E-state index in [1.54, 1.807) is 23.0 Å². The van der Waals surface area contributed by atoms with Crippen molar-refractivity contribution >= 4 is 34.9 Å². The van der Waals surface area contributed by atoms with Crippen LogP contribution in [0.3, 0.4) is 0 Å². The van der Waals surface area contributed by atoms with Crippen LogP contribution in [0.25, 0.3) is 11.1 Å². The van der Waals surface area contributed by atoms with E-state index in [0.29, 0.717) is 10.8 Å². The summed E-state index contributed by atoms with van der Waals surface area (Å²) in [5.74, 6) is 0.118. The average molecular weight is 395 g/mol. The number of nitrogens with zero attached hydrogens (tertiary/aromatic N) is 2. The number of fused-ring (bicyclic) bond motifs is 1. The molecule has 142 valence electrons. The van der Waals surface area contributed by atoms with Gasteiger partial charge in [-0.05, 0) is 54.8 Å². The molecule has 0 saturated carbocycles. The third-order valence-electron chi connectivity index (χ3n) is 4.67. The SMILES string of the molecule is Cc1cc(C)cc(NC(=O)CC2C(=O)Nc3c(-c4ccc(Cl)cc4)cnn32)c1. The van der Waals surface area contributed by atoms with Gasteiger partial charge in [0.15, 0.2) is 0 Å². The summed E-state index contributed by atoms with van der Waals surface area (Å²) in [5, 5.41) is 10.7. The van der Waals surface area contributed by atoms with Gasteiger partial charge in [-0.2, -0.15) is 5.10 Å². The second kappa shape index (κ2) is 7.13. The number of anilines is 2. The summed E-state index contributed by atoms with van der Waals surface area (Å²) >= 11 is 5.94. The van der Waals surface area contributed by atoms with Gasteiger partial charge in [-0.3, -0.25) is 9.59 Å². The molecule has 6 nitrogen and oxygen atoms in total. The van der Waals surface area contributed by atoms with Crippen molar-refractivity contribution in [1.82, 2.24) is 9.78 Å². The monoisotopic (exact) mass is 394 g/mol. The van der Waals surface area contributed by atoms with Crippen LogP contribution in [0.15, 0.2) is 48.7 Å². The van der Waals surface area contributed by atoms with Crippen molar-refractivity contribution in [2.45, 2.75) is 26.3 Å². The summed E-state index contributed by atoms with van der Waals surface area (Å²) in [7, 11) is 0. The Morgan fingerprint density at radius 1 is 1.18 bits per heavy atom. The first-order chi connectivity index (χ1) is 13.4. The number of carbonyl (C=O) groups excluding carboxylic acids is 2. The first kappa shape index (κ1) is 18.3. The van der Waals surface area contributed by atoms with Gasteiger partial charge in [-0.1, -0.05) is 29.8 Å². The van der Waals surface area contributed by atoms with E-state index in [0.717, 1.165) is 27.9 Å². The fourth-order valence-corrected chi connectivity index (χ4v) is 3.61. The normalized spacial score (nSPS) is 15.2. The van der Waals surface area contributed by atoms with Gasteiger partial charge in [0, 0.05) is 16.3 Å². The summed E-state index contributed by atoms with van der Waals surface area (Å²) in [6.45, 7) is 3.95. The minimum absolute atomic E-state index is 0.00750. The highest BCUT2D eigenvalue weighted by molar-refractivity contribution is 6.30.